The second-order valence-electron chi connectivity index (χ2n) is 5.95. The van der Waals surface area contributed by atoms with Gasteiger partial charge in [0, 0.05) is 4.88 Å². The predicted molar refractivity (Wildman–Crippen MR) is 85.3 cm³/mol. The minimum absolute atomic E-state index is 0.139. The average Bonchev–Trinajstić information content (AvgIpc) is 2.94. The van der Waals surface area contributed by atoms with E-state index in [1.807, 2.05) is 19.2 Å². The fourth-order valence-electron chi connectivity index (χ4n) is 2.88. The van der Waals surface area contributed by atoms with E-state index in [-0.39, 0.29) is 11.4 Å². The SMILES string of the molecule is CNC(C)(Cc1ccccc1F)c1nc2c(s1)CCCC2. The molecule has 1 aliphatic carbocycles. The molecule has 0 fully saturated rings. The van der Waals surface area contributed by atoms with E-state index < -0.39 is 0 Å². The molecular formula is C17H21FN2S. The number of aromatic nitrogens is 1. The molecule has 2 nitrogen and oxygen atoms in total. The van der Waals surface area contributed by atoms with Gasteiger partial charge in [-0.1, -0.05) is 18.2 Å². The van der Waals surface area contributed by atoms with Crippen molar-refractivity contribution in [1.29, 1.82) is 0 Å². The lowest BCUT2D eigenvalue weighted by atomic mass is 9.93. The Balaban J connectivity index is 1.92. The molecule has 0 amide bonds. The first-order valence-electron chi connectivity index (χ1n) is 7.54. The van der Waals surface area contributed by atoms with Crippen LogP contribution in [0.1, 0.15) is 40.9 Å². The normalized spacial score (nSPS) is 17.3. The summed E-state index contributed by atoms with van der Waals surface area (Å²) < 4.78 is 14.0. The molecule has 0 radical (unpaired) electrons. The van der Waals surface area contributed by atoms with Crippen molar-refractivity contribution in [1.82, 2.24) is 10.3 Å². The van der Waals surface area contributed by atoms with Gasteiger partial charge in [0.05, 0.1) is 11.2 Å². The number of likely N-dealkylation sites (N-methyl/N-ethyl adjacent to an activating group) is 1. The Morgan fingerprint density at radius 2 is 2.05 bits per heavy atom. The summed E-state index contributed by atoms with van der Waals surface area (Å²) in [7, 11) is 1.93. The van der Waals surface area contributed by atoms with Crippen molar-refractivity contribution in [2.75, 3.05) is 7.05 Å². The van der Waals surface area contributed by atoms with Crippen LogP contribution < -0.4 is 5.32 Å². The van der Waals surface area contributed by atoms with Crippen molar-refractivity contribution < 1.29 is 4.39 Å². The molecule has 1 aromatic heterocycles. The van der Waals surface area contributed by atoms with Gasteiger partial charge in [-0.15, -0.1) is 11.3 Å². The molecule has 4 heteroatoms. The molecule has 0 saturated carbocycles. The monoisotopic (exact) mass is 304 g/mol. The van der Waals surface area contributed by atoms with Gasteiger partial charge in [-0.05, 0) is 57.7 Å². The Labute approximate surface area is 129 Å². The van der Waals surface area contributed by atoms with Gasteiger partial charge in [0.25, 0.3) is 0 Å². The molecule has 1 atom stereocenters. The summed E-state index contributed by atoms with van der Waals surface area (Å²) in [5.41, 5.74) is 1.68. The summed E-state index contributed by atoms with van der Waals surface area (Å²) in [5, 5.41) is 4.44. The lowest BCUT2D eigenvalue weighted by Gasteiger charge is -2.27. The molecule has 2 aromatic rings. The molecule has 0 saturated heterocycles. The van der Waals surface area contributed by atoms with Gasteiger partial charge >= 0.3 is 0 Å². The van der Waals surface area contributed by atoms with Crippen molar-refractivity contribution in [2.45, 2.75) is 44.6 Å². The lowest BCUT2D eigenvalue weighted by molar-refractivity contribution is 0.387. The molecule has 1 aliphatic rings. The van der Waals surface area contributed by atoms with E-state index in [0.717, 1.165) is 23.4 Å². The van der Waals surface area contributed by atoms with E-state index in [2.05, 4.69) is 12.2 Å². The number of fused-ring (bicyclic) bond motifs is 1. The van der Waals surface area contributed by atoms with E-state index in [1.54, 1.807) is 17.4 Å². The van der Waals surface area contributed by atoms with Crippen molar-refractivity contribution in [2.24, 2.45) is 0 Å². The number of halogens is 1. The van der Waals surface area contributed by atoms with Crippen molar-refractivity contribution in [3.05, 3.63) is 51.2 Å². The zero-order valence-electron chi connectivity index (χ0n) is 12.6. The zero-order chi connectivity index (χ0) is 14.9. The van der Waals surface area contributed by atoms with Gasteiger partial charge in [-0.2, -0.15) is 0 Å². The average molecular weight is 304 g/mol. The Hall–Kier alpha value is -1.26. The molecule has 1 unspecified atom stereocenters. The summed E-state index contributed by atoms with van der Waals surface area (Å²) >= 11 is 1.80. The van der Waals surface area contributed by atoms with Crippen molar-refractivity contribution in [3.8, 4) is 0 Å². The maximum absolute atomic E-state index is 14.0. The molecule has 0 spiro atoms. The number of aryl methyl sites for hydroxylation is 2. The third-order valence-electron chi connectivity index (χ3n) is 4.37. The smallest absolute Gasteiger partial charge is 0.126 e. The van der Waals surface area contributed by atoms with E-state index in [4.69, 9.17) is 4.98 Å². The van der Waals surface area contributed by atoms with Crippen LogP contribution in [-0.4, -0.2) is 12.0 Å². The van der Waals surface area contributed by atoms with Crippen LogP contribution >= 0.6 is 11.3 Å². The fourth-order valence-corrected chi connectivity index (χ4v) is 4.18. The molecular weight excluding hydrogens is 283 g/mol. The van der Waals surface area contributed by atoms with Gasteiger partial charge in [0.2, 0.25) is 0 Å². The Kier molecular flexibility index (Phi) is 4.09. The van der Waals surface area contributed by atoms with Gasteiger partial charge in [0.1, 0.15) is 10.8 Å². The number of thiazole rings is 1. The van der Waals surface area contributed by atoms with Crippen LogP contribution in [0.3, 0.4) is 0 Å². The van der Waals surface area contributed by atoms with Crippen molar-refractivity contribution >= 4 is 11.3 Å². The summed E-state index contributed by atoms with van der Waals surface area (Å²) in [5.74, 6) is -0.139. The quantitative estimate of drug-likeness (QED) is 0.928. The minimum atomic E-state index is -0.315. The van der Waals surface area contributed by atoms with E-state index in [9.17, 15) is 4.39 Å². The van der Waals surface area contributed by atoms with Crippen LogP contribution in [-0.2, 0) is 24.8 Å². The highest BCUT2D eigenvalue weighted by Gasteiger charge is 2.31. The number of hydrogen-bond donors (Lipinski definition) is 1. The maximum Gasteiger partial charge on any atom is 0.126 e. The highest BCUT2D eigenvalue weighted by atomic mass is 32.1. The number of nitrogens with one attached hydrogen (secondary N) is 1. The molecule has 0 bridgehead atoms. The molecule has 21 heavy (non-hydrogen) atoms. The van der Waals surface area contributed by atoms with E-state index in [0.29, 0.717) is 6.42 Å². The summed E-state index contributed by atoms with van der Waals surface area (Å²) in [6.45, 7) is 2.11. The van der Waals surface area contributed by atoms with Gasteiger partial charge in [-0.25, -0.2) is 9.37 Å². The first-order valence-corrected chi connectivity index (χ1v) is 8.35. The van der Waals surface area contributed by atoms with Gasteiger partial charge in [0.15, 0.2) is 0 Å². The topological polar surface area (TPSA) is 24.9 Å². The third kappa shape index (κ3) is 2.87. The molecule has 112 valence electrons. The minimum Gasteiger partial charge on any atom is -0.308 e. The Morgan fingerprint density at radius 3 is 2.76 bits per heavy atom. The van der Waals surface area contributed by atoms with E-state index in [1.165, 1.54) is 29.5 Å². The van der Waals surface area contributed by atoms with E-state index >= 15 is 0 Å². The molecule has 1 heterocycles. The first-order chi connectivity index (χ1) is 10.1. The van der Waals surface area contributed by atoms with Crippen molar-refractivity contribution in [3.63, 3.8) is 0 Å². The highest BCUT2D eigenvalue weighted by molar-refractivity contribution is 7.11. The Bertz CT molecular complexity index is 614. The largest absolute Gasteiger partial charge is 0.308 e. The number of rotatable bonds is 4. The standard InChI is InChI=1S/C17H21FN2S/c1-17(19-2,11-12-7-3-4-8-13(12)18)16-20-14-9-5-6-10-15(14)21-16/h3-4,7-8,19H,5-6,9-11H2,1-2H3. The second-order valence-corrected chi connectivity index (χ2v) is 7.03. The van der Waals surface area contributed by atoms with Gasteiger partial charge in [-0.3, -0.25) is 0 Å². The number of nitrogens with zero attached hydrogens (tertiary/aromatic N) is 1. The van der Waals surface area contributed by atoms with Crippen LogP contribution in [0.15, 0.2) is 24.3 Å². The van der Waals surface area contributed by atoms with Crippen LogP contribution in [0.2, 0.25) is 0 Å². The number of benzene rings is 1. The molecule has 0 aliphatic heterocycles. The summed E-state index contributed by atoms with van der Waals surface area (Å²) in [6.07, 6.45) is 5.35. The highest BCUT2D eigenvalue weighted by Crippen LogP contribution is 2.34. The van der Waals surface area contributed by atoms with Crippen LogP contribution in [0.25, 0.3) is 0 Å². The first kappa shape index (κ1) is 14.7. The van der Waals surface area contributed by atoms with Crippen LogP contribution in [0, 0.1) is 5.82 Å². The fraction of sp³-hybridized carbons (Fsp3) is 0.471. The zero-order valence-corrected chi connectivity index (χ0v) is 13.4. The molecule has 1 aromatic carbocycles. The summed E-state index contributed by atoms with van der Waals surface area (Å²) in [4.78, 5) is 6.28. The molecule has 3 rings (SSSR count). The molecule has 1 N–H and O–H groups in total. The Morgan fingerprint density at radius 1 is 1.29 bits per heavy atom. The third-order valence-corrected chi connectivity index (χ3v) is 5.79. The predicted octanol–water partition coefficient (Wildman–Crippen LogP) is 3.84. The number of hydrogen-bond acceptors (Lipinski definition) is 3. The van der Waals surface area contributed by atoms with Crippen LogP contribution in [0.4, 0.5) is 4.39 Å². The van der Waals surface area contributed by atoms with Gasteiger partial charge < -0.3 is 5.32 Å². The van der Waals surface area contributed by atoms with Crippen LogP contribution in [0.5, 0.6) is 0 Å². The maximum atomic E-state index is 14.0. The summed E-state index contributed by atoms with van der Waals surface area (Å²) in [6, 6.07) is 7.01. The lowest BCUT2D eigenvalue weighted by Crippen LogP contribution is -2.39. The second kappa shape index (κ2) is 5.85.